The van der Waals surface area contributed by atoms with Gasteiger partial charge >= 0.3 is 0 Å². The second-order valence-corrected chi connectivity index (χ2v) is 8.09. The Morgan fingerprint density at radius 3 is 2.77 bits per heavy atom. The Morgan fingerprint density at radius 2 is 2.10 bits per heavy atom. The highest BCUT2D eigenvalue weighted by molar-refractivity contribution is 6.00. The van der Waals surface area contributed by atoms with E-state index in [1.54, 1.807) is 17.8 Å². The first-order valence-electron chi connectivity index (χ1n) is 10.4. The van der Waals surface area contributed by atoms with Crippen LogP contribution < -0.4 is 10.6 Å². The minimum absolute atomic E-state index is 0.226. The molecule has 0 aromatic carbocycles. The second kappa shape index (κ2) is 7.31. The highest BCUT2D eigenvalue weighted by atomic mass is 16.3. The molecule has 0 spiro atoms. The molecule has 31 heavy (non-hydrogen) atoms. The van der Waals surface area contributed by atoms with Crippen molar-refractivity contribution in [2.45, 2.75) is 44.9 Å². The average molecular weight is 420 g/mol. The highest BCUT2D eigenvalue weighted by Gasteiger charge is 2.31. The molecule has 1 fully saturated rings. The first-order chi connectivity index (χ1) is 15.0. The van der Waals surface area contributed by atoms with Gasteiger partial charge in [0, 0.05) is 42.7 Å². The monoisotopic (exact) mass is 420 g/mol. The summed E-state index contributed by atoms with van der Waals surface area (Å²) in [5.74, 6) is 1.04. The van der Waals surface area contributed by atoms with Gasteiger partial charge in [-0.3, -0.25) is 9.48 Å². The number of aliphatic hydroxyl groups is 1. The van der Waals surface area contributed by atoms with Crippen molar-refractivity contribution in [3.8, 4) is 22.6 Å². The first kappa shape index (κ1) is 19.4. The topological polar surface area (TPSA) is 122 Å². The van der Waals surface area contributed by atoms with Crippen LogP contribution in [0.1, 0.15) is 43.1 Å². The number of rotatable bonds is 5. The fourth-order valence-corrected chi connectivity index (χ4v) is 3.75. The molecule has 1 aliphatic carbocycles. The largest absolute Gasteiger partial charge is 0.391 e. The molecule has 4 heterocycles. The molecule has 1 amide bonds. The summed E-state index contributed by atoms with van der Waals surface area (Å²) in [4.78, 5) is 22.0. The summed E-state index contributed by atoms with van der Waals surface area (Å²) < 4.78 is 3.46. The minimum Gasteiger partial charge on any atom is -0.391 e. The van der Waals surface area contributed by atoms with Crippen LogP contribution in [-0.2, 0) is 0 Å². The zero-order valence-corrected chi connectivity index (χ0v) is 17.6. The first-order valence-corrected chi connectivity index (χ1v) is 10.4. The fourth-order valence-electron chi connectivity index (χ4n) is 3.75. The summed E-state index contributed by atoms with van der Waals surface area (Å²) in [5, 5.41) is 24.7. The molecule has 5 rings (SSSR count). The Bertz CT molecular complexity index is 1240. The van der Waals surface area contributed by atoms with Crippen molar-refractivity contribution in [2.24, 2.45) is 0 Å². The van der Waals surface area contributed by atoms with Crippen LogP contribution in [0, 0.1) is 0 Å². The predicted molar refractivity (Wildman–Crippen MR) is 115 cm³/mol. The molecule has 0 bridgehead atoms. The maximum absolute atomic E-state index is 12.8. The van der Waals surface area contributed by atoms with Gasteiger partial charge in [0.25, 0.3) is 5.91 Å². The molecule has 0 saturated heterocycles. The molecule has 160 valence electrons. The van der Waals surface area contributed by atoms with Crippen molar-refractivity contribution in [2.75, 3.05) is 12.4 Å². The normalized spacial score (nSPS) is 18.5. The number of carbonyl (C=O) groups is 1. The lowest BCUT2D eigenvalue weighted by molar-refractivity contribution is 0.0448. The van der Waals surface area contributed by atoms with Crippen molar-refractivity contribution < 1.29 is 9.90 Å². The zero-order chi connectivity index (χ0) is 21.7. The van der Waals surface area contributed by atoms with Crippen LogP contribution in [0.25, 0.3) is 28.3 Å². The Hall–Kier alpha value is -3.53. The number of hydrogen-bond donors (Lipinski definition) is 3. The molecule has 0 radical (unpaired) electrons. The van der Waals surface area contributed by atoms with Gasteiger partial charge < -0.3 is 15.7 Å². The van der Waals surface area contributed by atoms with E-state index in [1.165, 1.54) is 6.20 Å². The van der Waals surface area contributed by atoms with E-state index in [0.717, 1.165) is 17.5 Å². The van der Waals surface area contributed by atoms with E-state index >= 15 is 0 Å². The van der Waals surface area contributed by atoms with Gasteiger partial charge in [0.15, 0.2) is 11.5 Å². The quantitative estimate of drug-likeness (QED) is 0.451. The van der Waals surface area contributed by atoms with Gasteiger partial charge in [-0.2, -0.15) is 14.7 Å². The lowest BCUT2D eigenvalue weighted by Crippen LogP contribution is -2.50. The van der Waals surface area contributed by atoms with E-state index in [9.17, 15) is 9.90 Å². The van der Waals surface area contributed by atoms with Gasteiger partial charge in [0.1, 0.15) is 11.4 Å². The van der Waals surface area contributed by atoms with E-state index in [4.69, 9.17) is 4.98 Å². The second-order valence-electron chi connectivity index (χ2n) is 8.09. The molecule has 3 N–H and O–H groups in total. The molecule has 2 aliphatic heterocycles. The van der Waals surface area contributed by atoms with Crippen LogP contribution >= 0.6 is 0 Å². The van der Waals surface area contributed by atoms with Crippen molar-refractivity contribution in [1.29, 1.82) is 0 Å². The van der Waals surface area contributed by atoms with Crippen LogP contribution in [0.2, 0.25) is 0 Å². The van der Waals surface area contributed by atoms with Gasteiger partial charge in [0.05, 0.1) is 24.0 Å². The summed E-state index contributed by atoms with van der Waals surface area (Å²) >= 11 is 0. The number of aliphatic hydroxyl groups excluding tert-OH is 1. The van der Waals surface area contributed by atoms with Crippen LogP contribution in [0.4, 0.5) is 5.82 Å². The highest BCUT2D eigenvalue weighted by Crippen LogP contribution is 2.33. The summed E-state index contributed by atoms with van der Waals surface area (Å²) in [7, 11) is 1.79. The van der Waals surface area contributed by atoms with Gasteiger partial charge in [0.2, 0.25) is 0 Å². The Balaban J connectivity index is 1.58. The third-order valence-electron chi connectivity index (χ3n) is 5.78. The Kier molecular flexibility index (Phi) is 4.58. The number of anilines is 1. The SMILES string of the molecule is CNc1cc(-c2cnc3nn(C(C)C)ccc2-3)nc2c(C(=O)N[C@@H]3CC[C@@H]3O)cnn12. The molecular formula is C21H24N8O2. The number of carbonyl (C=O) groups excluding carboxylic acids is 1. The van der Waals surface area contributed by atoms with Crippen LogP contribution in [0.5, 0.6) is 0 Å². The Morgan fingerprint density at radius 1 is 1.26 bits per heavy atom. The molecule has 3 aliphatic rings. The Labute approximate surface area is 178 Å². The number of amides is 1. The number of fused-ring (bicyclic) bond motifs is 2. The van der Waals surface area contributed by atoms with Crippen molar-refractivity contribution in [3.63, 3.8) is 0 Å². The maximum atomic E-state index is 12.8. The summed E-state index contributed by atoms with van der Waals surface area (Å²) in [6.45, 7) is 4.12. The van der Waals surface area contributed by atoms with E-state index in [-0.39, 0.29) is 18.0 Å². The van der Waals surface area contributed by atoms with E-state index in [0.29, 0.717) is 35.0 Å². The van der Waals surface area contributed by atoms with E-state index in [1.807, 2.05) is 23.0 Å². The van der Waals surface area contributed by atoms with Crippen molar-refractivity contribution in [3.05, 3.63) is 36.3 Å². The summed E-state index contributed by atoms with van der Waals surface area (Å²) in [6.07, 6.45) is 6.15. The molecule has 10 nitrogen and oxygen atoms in total. The number of hydrogen-bond acceptors (Lipinski definition) is 7. The van der Waals surface area contributed by atoms with Gasteiger partial charge in [-0.05, 0) is 32.8 Å². The lowest BCUT2D eigenvalue weighted by Gasteiger charge is -2.32. The smallest absolute Gasteiger partial charge is 0.257 e. The van der Waals surface area contributed by atoms with Crippen LogP contribution in [0.15, 0.2) is 30.7 Å². The summed E-state index contributed by atoms with van der Waals surface area (Å²) in [5.41, 5.74) is 3.18. The molecule has 2 atom stereocenters. The van der Waals surface area contributed by atoms with Gasteiger partial charge in [-0.15, -0.1) is 0 Å². The van der Waals surface area contributed by atoms with Crippen molar-refractivity contribution >= 4 is 17.4 Å². The zero-order valence-electron chi connectivity index (χ0n) is 17.6. The van der Waals surface area contributed by atoms with Gasteiger partial charge in [-0.25, -0.2) is 9.97 Å². The number of aromatic nitrogens is 6. The average Bonchev–Trinajstić information content (AvgIpc) is 3.39. The molecule has 2 aromatic heterocycles. The van der Waals surface area contributed by atoms with E-state index < -0.39 is 6.10 Å². The third-order valence-corrected chi connectivity index (χ3v) is 5.78. The standard InChI is InChI=1S/C21H24N8O2/c1-11(2)28-7-6-12-13(9-23-19(12)27-28)16-8-18(22-3)29-20(25-16)14(10-24-29)21(31)26-15-4-5-17(15)30/h6-11,15,17,22,30H,4-5H2,1-3H3,(H,26,31)/t15-,17+/m1/s1. The molecule has 10 heteroatoms. The van der Waals surface area contributed by atoms with E-state index in [2.05, 4.69) is 39.7 Å². The molecular weight excluding hydrogens is 396 g/mol. The lowest BCUT2D eigenvalue weighted by atomic mass is 9.89. The maximum Gasteiger partial charge on any atom is 0.257 e. The number of nitrogens with zero attached hydrogens (tertiary/aromatic N) is 6. The van der Waals surface area contributed by atoms with Crippen LogP contribution in [0.3, 0.4) is 0 Å². The van der Waals surface area contributed by atoms with Crippen LogP contribution in [-0.4, -0.2) is 59.6 Å². The molecule has 2 aromatic rings. The van der Waals surface area contributed by atoms with Crippen molar-refractivity contribution in [1.82, 2.24) is 34.7 Å². The summed E-state index contributed by atoms with van der Waals surface area (Å²) in [6, 6.07) is 3.86. The molecule has 1 saturated carbocycles. The minimum atomic E-state index is -0.495. The molecule has 0 unspecified atom stereocenters. The third kappa shape index (κ3) is 3.19. The fraction of sp³-hybridized carbons (Fsp3) is 0.381. The van der Waals surface area contributed by atoms with Gasteiger partial charge in [-0.1, -0.05) is 0 Å². The number of nitrogens with one attached hydrogen (secondary N) is 2. The predicted octanol–water partition coefficient (Wildman–Crippen LogP) is 1.97.